The first-order valence-corrected chi connectivity index (χ1v) is 8.99. The molecule has 0 fully saturated rings. The number of benzene rings is 2. The Morgan fingerprint density at radius 3 is 2.57 bits per heavy atom. The Morgan fingerprint density at radius 1 is 1.07 bits per heavy atom. The number of amides is 2. The van der Waals surface area contributed by atoms with Crippen LogP contribution in [0.4, 0.5) is 14.9 Å². The number of aromatic amines is 1. The van der Waals surface area contributed by atoms with Crippen LogP contribution in [-0.4, -0.2) is 16.0 Å². The quantitative estimate of drug-likeness (QED) is 0.437. The summed E-state index contributed by atoms with van der Waals surface area (Å²) in [5.74, 6) is -0.314. The molecule has 5 nitrogen and oxygen atoms in total. The van der Waals surface area contributed by atoms with E-state index in [0.717, 1.165) is 27.7 Å². The first kappa shape index (κ1) is 18.0. The maximum Gasteiger partial charge on any atom is 0.319 e. The summed E-state index contributed by atoms with van der Waals surface area (Å²) in [6.45, 7) is 0.278. The molecular weight excluding hydrogens is 379 g/mol. The molecule has 0 saturated heterocycles. The largest absolute Gasteiger partial charge is 0.353 e. The smallest absolute Gasteiger partial charge is 0.319 e. The molecule has 0 aliphatic heterocycles. The van der Waals surface area contributed by atoms with Gasteiger partial charge in [0.15, 0.2) is 0 Å². The van der Waals surface area contributed by atoms with Crippen molar-refractivity contribution in [3.63, 3.8) is 0 Å². The van der Waals surface area contributed by atoms with Gasteiger partial charge in [-0.05, 0) is 48.0 Å². The first-order valence-electron chi connectivity index (χ1n) is 8.61. The van der Waals surface area contributed by atoms with Gasteiger partial charge in [0.1, 0.15) is 5.82 Å². The Kier molecular flexibility index (Phi) is 4.95. The van der Waals surface area contributed by atoms with E-state index in [2.05, 4.69) is 20.6 Å². The molecule has 0 aliphatic rings. The van der Waals surface area contributed by atoms with Gasteiger partial charge >= 0.3 is 6.03 Å². The second-order valence-corrected chi connectivity index (χ2v) is 6.67. The summed E-state index contributed by atoms with van der Waals surface area (Å²) in [6.07, 6.45) is 3.37. The Balaban J connectivity index is 1.62. The van der Waals surface area contributed by atoms with Crippen molar-refractivity contribution >= 4 is 34.2 Å². The fourth-order valence-electron chi connectivity index (χ4n) is 2.97. The molecule has 0 radical (unpaired) electrons. The first-order chi connectivity index (χ1) is 13.6. The molecule has 0 atom stereocenters. The molecule has 3 N–H and O–H groups in total. The Morgan fingerprint density at radius 2 is 1.82 bits per heavy atom. The van der Waals surface area contributed by atoms with Crippen LogP contribution >= 0.6 is 11.6 Å². The molecule has 0 spiro atoms. The number of pyridine rings is 1. The SMILES string of the molecule is O=C(NCc1ccc(F)cc1)Nc1c(-c2ccncc2)[nH]c2ccc(Cl)cc12. The number of aromatic nitrogens is 2. The molecule has 0 aliphatic carbocycles. The highest BCUT2D eigenvalue weighted by Crippen LogP contribution is 2.36. The van der Waals surface area contributed by atoms with Crippen LogP contribution < -0.4 is 10.6 Å². The van der Waals surface area contributed by atoms with Crippen molar-refractivity contribution in [1.29, 1.82) is 0 Å². The van der Waals surface area contributed by atoms with Crippen LogP contribution in [0.25, 0.3) is 22.2 Å². The normalized spacial score (nSPS) is 10.8. The van der Waals surface area contributed by atoms with Crippen LogP contribution in [0.15, 0.2) is 67.0 Å². The van der Waals surface area contributed by atoms with Crippen molar-refractivity contribution in [3.8, 4) is 11.3 Å². The second-order valence-electron chi connectivity index (χ2n) is 6.23. The lowest BCUT2D eigenvalue weighted by Crippen LogP contribution is -2.28. The van der Waals surface area contributed by atoms with Gasteiger partial charge in [-0.15, -0.1) is 0 Å². The molecule has 0 unspecified atom stereocenters. The lowest BCUT2D eigenvalue weighted by atomic mass is 10.1. The highest BCUT2D eigenvalue weighted by atomic mass is 35.5. The van der Waals surface area contributed by atoms with E-state index >= 15 is 0 Å². The molecule has 2 aromatic heterocycles. The molecule has 140 valence electrons. The van der Waals surface area contributed by atoms with Gasteiger partial charge < -0.3 is 15.6 Å². The average Bonchev–Trinajstić information content (AvgIpc) is 3.06. The molecule has 0 bridgehead atoms. The predicted molar refractivity (Wildman–Crippen MR) is 109 cm³/mol. The van der Waals surface area contributed by atoms with E-state index in [9.17, 15) is 9.18 Å². The van der Waals surface area contributed by atoms with E-state index in [4.69, 9.17) is 11.6 Å². The highest BCUT2D eigenvalue weighted by molar-refractivity contribution is 6.31. The fraction of sp³-hybridized carbons (Fsp3) is 0.0476. The van der Waals surface area contributed by atoms with Crippen molar-refractivity contribution in [2.45, 2.75) is 6.54 Å². The van der Waals surface area contributed by atoms with Gasteiger partial charge in [-0.3, -0.25) is 4.98 Å². The third kappa shape index (κ3) is 3.82. The summed E-state index contributed by atoms with van der Waals surface area (Å²) in [4.78, 5) is 19.9. The van der Waals surface area contributed by atoms with Crippen molar-refractivity contribution in [2.24, 2.45) is 0 Å². The van der Waals surface area contributed by atoms with Crippen molar-refractivity contribution in [3.05, 3.63) is 83.4 Å². The molecule has 28 heavy (non-hydrogen) atoms. The molecule has 2 heterocycles. The number of nitrogens with one attached hydrogen (secondary N) is 3. The molecule has 4 rings (SSSR count). The van der Waals surface area contributed by atoms with Crippen LogP contribution in [0.3, 0.4) is 0 Å². The average molecular weight is 395 g/mol. The highest BCUT2D eigenvalue weighted by Gasteiger charge is 2.16. The number of halogens is 2. The second kappa shape index (κ2) is 7.70. The van der Waals surface area contributed by atoms with E-state index in [0.29, 0.717) is 10.7 Å². The zero-order valence-electron chi connectivity index (χ0n) is 14.7. The summed E-state index contributed by atoms with van der Waals surface area (Å²) < 4.78 is 13.0. The maximum atomic E-state index is 13.0. The van der Waals surface area contributed by atoms with E-state index in [-0.39, 0.29) is 18.4 Å². The fourth-order valence-corrected chi connectivity index (χ4v) is 3.14. The lowest BCUT2D eigenvalue weighted by molar-refractivity contribution is 0.252. The number of hydrogen-bond donors (Lipinski definition) is 3. The molecule has 2 amide bonds. The number of urea groups is 1. The van der Waals surface area contributed by atoms with Gasteiger partial charge in [0, 0.05) is 40.4 Å². The minimum absolute atomic E-state index is 0.278. The van der Waals surface area contributed by atoms with Gasteiger partial charge in [-0.25, -0.2) is 9.18 Å². The van der Waals surface area contributed by atoms with Crippen LogP contribution in [-0.2, 0) is 6.54 Å². The van der Waals surface area contributed by atoms with E-state index in [1.807, 2.05) is 18.2 Å². The van der Waals surface area contributed by atoms with Crippen LogP contribution in [0.1, 0.15) is 5.56 Å². The number of carbonyl (C=O) groups excluding carboxylic acids is 1. The number of carbonyl (C=O) groups is 1. The Labute approximate surface area is 165 Å². The zero-order valence-corrected chi connectivity index (χ0v) is 15.4. The summed E-state index contributed by atoms with van der Waals surface area (Å²) in [5, 5.41) is 7.06. The number of rotatable bonds is 4. The summed E-state index contributed by atoms with van der Waals surface area (Å²) in [5.41, 5.74) is 3.92. The third-order valence-corrected chi connectivity index (χ3v) is 4.57. The van der Waals surface area contributed by atoms with E-state index < -0.39 is 0 Å². The van der Waals surface area contributed by atoms with Crippen LogP contribution in [0, 0.1) is 5.82 Å². The van der Waals surface area contributed by atoms with Gasteiger partial charge in [0.05, 0.1) is 11.4 Å². The molecule has 2 aromatic carbocycles. The van der Waals surface area contributed by atoms with Crippen LogP contribution in [0.5, 0.6) is 0 Å². The zero-order chi connectivity index (χ0) is 19.5. The standard InChI is InChI=1S/C21H16ClFN4O/c22-15-3-6-18-17(11-15)20(19(26-18)14-7-9-24-10-8-14)27-21(28)25-12-13-1-4-16(23)5-2-13/h1-11,26H,12H2,(H2,25,27,28). The number of nitrogens with zero attached hydrogens (tertiary/aromatic N) is 1. The van der Waals surface area contributed by atoms with Crippen molar-refractivity contribution < 1.29 is 9.18 Å². The molecular formula is C21H16ClFN4O. The monoisotopic (exact) mass is 394 g/mol. The minimum atomic E-state index is -0.375. The number of hydrogen-bond acceptors (Lipinski definition) is 2. The number of fused-ring (bicyclic) bond motifs is 1. The summed E-state index contributed by atoms with van der Waals surface area (Å²) in [7, 11) is 0. The molecule has 7 heteroatoms. The third-order valence-electron chi connectivity index (χ3n) is 4.33. The van der Waals surface area contributed by atoms with E-state index in [1.54, 1.807) is 36.7 Å². The number of H-pyrrole nitrogens is 1. The molecule has 0 saturated carbocycles. The number of anilines is 1. The Bertz CT molecular complexity index is 1130. The predicted octanol–water partition coefficient (Wildman–Crippen LogP) is 5.34. The minimum Gasteiger partial charge on any atom is -0.353 e. The van der Waals surface area contributed by atoms with Gasteiger partial charge in [-0.1, -0.05) is 23.7 Å². The maximum absolute atomic E-state index is 13.0. The lowest BCUT2D eigenvalue weighted by Gasteiger charge is -2.10. The molecule has 4 aromatic rings. The summed E-state index contributed by atoms with van der Waals surface area (Å²) in [6, 6.07) is 14.8. The topological polar surface area (TPSA) is 69.8 Å². The van der Waals surface area contributed by atoms with Crippen molar-refractivity contribution in [1.82, 2.24) is 15.3 Å². The Hall–Kier alpha value is -3.38. The summed E-state index contributed by atoms with van der Waals surface area (Å²) >= 11 is 6.15. The van der Waals surface area contributed by atoms with Gasteiger partial charge in [0.25, 0.3) is 0 Å². The van der Waals surface area contributed by atoms with E-state index in [1.165, 1.54) is 12.1 Å². The van der Waals surface area contributed by atoms with Gasteiger partial charge in [-0.2, -0.15) is 0 Å². The van der Waals surface area contributed by atoms with Gasteiger partial charge in [0.2, 0.25) is 0 Å². The van der Waals surface area contributed by atoms with Crippen LogP contribution in [0.2, 0.25) is 5.02 Å². The van der Waals surface area contributed by atoms with Crippen molar-refractivity contribution in [2.75, 3.05) is 5.32 Å².